The highest BCUT2D eigenvalue weighted by Crippen LogP contribution is 2.30. The maximum Gasteiger partial charge on any atom is 0.165 e. The number of aliphatic hydroxyl groups excluding tert-OH is 1. The average Bonchev–Trinajstić information content (AvgIpc) is 2.07. The summed E-state index contributed by atoms with van der Waals surface area (Å²) in [5.41, 5.74) is 1.34. The molecule has 0 radical (unpaired) electrons. The van der Waals surface area contributed by atoms with Crippen molar-refractivity contribution in [2.75, 3.05) is 7.11 Å². The van der Waals surface area contributed by atoms with Gasteiger partial charge in [-0.3, -0.25) is 0 Å². The zero-order chi connectivity index (χ0) is 10.0. The molecule has 0 amide bonds. The van der Waals surface area contributed by atoms with E-state index in [0.717, 1.165) is 5.56 Å². The number of benzene rings is 1. The van der Waals surface area contributed by atoms with Crippen molar-refractivity contribution >= 4 is 0 Å². The van der Waals surface area contributed by atoms with Gasteiger partial charge in [-0.25, -0.2) is 4.39 Å². The highest BCUT2D eigenvalue weighted by Gasteiger charge is 2.15. The second-order valence-corrected chi connectivity index (χ2v) is 2.99. The molecule has 0 aromatic heterocycles. The van der Waals surface area contributed by atoms with Crippen LogP contribution in [0.2, 0.25) is 0 Å². The molecule has 0 aliphatic heterocycles. The minimum atomic E-state index is -0.717. The maximum absolute atomic E-state index is 13.2. The summed E-state index contributed by atoms with van der Waals surface area (Å²) in [6.07, 6.45) is -0.717. The third-order valence-electron chi connectivity index (χ3n) is 1.99. The highest BCUT2D eigenvalue weighted by atomic mass is 19.1. The van der Waals surface area contributed by atoms with Crippen molar-refractivity contribution in [3.63, 3.8) is 0 Å². The first-order valence-corrected chi connectivity index (χ1v) is 4.09. The van der Waals surface area contributed by atoms with Crippen molar-refractivity contribution in [2.45, 2.75) is 20.0 Å². The number of hydrogen-bond donors (Lipinski definition) is 1. The molecular weight excluding hydrogens is 171 g/mol. The Morgan fingerprint density at radius 1 is 1.46 bits per heavy atom. The molecule has 0 bridgehead atoms. The molecule has 3 heteroatoms. The number of aryl methyl sites for hydroxylation is 1. The third-order valence-corrected chi connectivity index (χ3v) is 1.99. The summed E-state index contributed by atoms with van der Waals surface area (Å²) < 4.78 is 18.0. The van der Waals surface area contributed by atoms with E-state index >= 15 is 0 Å². The van der Waals surface area contributed by atoms with Crippen LogP contribution in [-0.2, 0) is 0 Å². The molecule has 0 heterocycles. The molecule has 72 valence electrons. The predicted octanol–water partition coefficient (Wildman–Crippen LogP) is 2.20. The first-order valence-electron chi connectivity index (χ1n) is 4.09. The van der Waals surface area contributed by atoms with Crippen LogP contribution in [0.3, 0.4) is 0 Å². The molecule has 0 aliphatic rings. The summed E-state index contributed by atoms with van der Waals surface area (Å²) in [5.74, 6) is -0.306. The number of hydrogen-bond acceptors (Lipinski definition) is 2. The van der Waals surface area contributed by atoms with Gasteiger partial charge in [0.25, 0.3) is 0 Å². The Morgan fingerprint density at radius 3 is 2.46 bits per heavy atom. The van der Waals surface area contributed by atoms with Gasteiger partial charge in [-0.05, 0) is 25.5 Å². The molecule has 1 aromatic rings. The summed E-state index contributed by atoms with van der Waals surface area (Å²) >= 11 is 0. The highest BCUT2D eigenvalue weighted by molar-refractivity contribution is 5.42. The van der Waals surface area contributed by atoms with Gasteiger partial charge in [-0.15, -0.1) is 0 Å². The van der Waals surface area contributed by atoms with Crippen LogP contribution in [0.5, 0.6) is 5.75 Å². The van der Waals surface area contributed by atoms with E-state index in [1.807, 2.05) is 6.92 Å². The molecule has 13 heavy (non-hydrogen) atoms. The van der Waals surface area contributed by atoms with E-state index in [1.54, 1.807) is 13.0 Å². The number of aliphatic hydroxyl groups is 1. The van der Waals surface area contributed by atoms with Crippen molar-refractivity contribution in [1.29, 1.82) is 0 Å². The number of methoxy groups -OCH3 is 1. The predicted molar refractivity (Wildman–Crippen MR) is 48.3 cm³/mol. The Balaban J connectivity index is 3.35. The van der Waals surface area contributed by atoms with E-state index in [9.17, 15) is 9.50 Å². The van der Waals surface area contributed by atoms with E-state index in [4.69, 9.17) is 4.74 Å². The Morgan fingerprint density at radius 2 is 2.08 bits per heavy atom. The summed E-state index contributed by atoms with van der Waals surface area (Å²) in [6.45, 7) is 3.40. The molecule has 2 nitrogen and oxygen atoms in total. The van der Waals surface area contributed by atoms with Crippen LogP contribution < -0.4 is 4.74 Å². The Labute approximate surface area is 77.0 Å². The minimum absolute atomic E-state index is 0.134. The van der Waals surface area contributed by atoms with Crippen LogP contribution in [0, 0.1) is 12.7 Å². The lowest BCUT2D eigenvalue weighted by Crippen LogP contribution is -2.01. The van der Waals surface area contributed by atoms with Crippen molar-refractivity contribution in [1.82, 2.24) is 0 Å². The standard InChI is InChI=1S/C10H13FO2/c1-6-4-5-8(11)10(13-3)9(6)7(2)12/h4-5,7,12H,1-3H3. The summed E-state index contributed by atoms with van der Waals surface area (Å²) in [5, 5.41) is 9.39. The molecule has 1 unspecified atom stereocenters. The number of ether oxygens (including phenoxy) is 1. The number of rotatable bonds is 2. The van der Waals surface area contributed by atoms with Gasteiger partial charge in [0.05, 0.1) is 13.2 Å². The topological polar surface area (TPSA) is 29.5 Å². The van der Waals surface area contributed by atoms with Crippen molar-refractivity contribution in [2.24, 2.45) is 0 Å². The zero-order valence-electron chi connectivity index (χ0n) is 7.97. The van der Waals surface area contributed by atoms with Crippen LogP contribution >= 0.6 is 0 Å². The largest absolute Gasteiger partial charge is 0.493 e. The van der Waals surface area contributed by atoms with Crippen molar-refractivity contribution in [3.8, 4) is 5.75 Å². The monoisotopic (exact) mass is 184 g/mol. The van der Waals surface area contributed by atoms with Gasteiger partial charge in [0.15, 0.2) is 11.6 Å². The normalized spacial score (nSPS) is 12.7. The Bertz CT molecular complexity index is 308. The van der Waals surface area contributed by atoms with Crippen LogP contribution in [0.15, 0.2) is 12.1 Å². The van der Waals surface area contributed by atoms with E-state index in [2.05, 4.69) is 0 Å². The molecular formula is C10H13FO2. The SMILES string of the molecule is COc1c(F)ccc(C)c1C(C)O. The maximum atomic E-state index is 13.2. The van der Waals surface area contributed by atoms with Gasteiger partial charge < -0.3 is 9.84 Å². The first-order chi connectivity index (χ1) is 6.07. The second kappa shape index (κ2) is 3.75. The second-order valence-electron chi connectivity index (χ2n) is 2.99. The molecule has 0 aliphatic carbocycles. The molecule has 0 saturated heterocycles. The molecule has 1 rings (SSSR count). The van der Waals surface area contributed by atoms with Gasteiger partial charge in [0.1, 0.15) is 0 Å². The lowest BCUT2D eigenvalue weighted by atomic mass is 10.0. The molecule has 1 atom stereocenters. The fraction of sp³-hybridized carbons (Fsp3) is 0.400. The first kappa shape index (κ1) is 9.99. The van der Waals surface area contributed by atoms with Gasteiger partial charge in [0, 0.05) is 5.56 Å². The van der Waals surface area contributed by atoms with E-state index in [1.165, 1.54) is 13.2 Å². The minimum Gasteiger partial charge on any atom is -0.493 e. The van der Waals surface area contributed by atoms with Gasteiger partial charge in [-0.1, -0.05) is 6.07 Å². The Kier molecular flexibility index (Phi) is 2.88. The van der Waals surface area contributed by atoms with Crippen LogP contribution in [-0.4, -0.2) is 12.2 Å². The summed E-state index contributed by atoms with van der Waals surface area (Å²) in [6, 6.07) is 2.96. The van der Waals surface area contributed by atoms with Crippen LogP contribution in [0.1, 0.15) is 24.2 Å². The summed E-state index contributed by atoms with van der Waals surface area (Å²) in [4.78, 5) is 0. The summed E-state index contributed by atoms with van der Waals surface area (Å²) in [7, 11) is 1.39. The fourth-order valence-electron chi connectivity index (χ4n) is 1.40. The average molecular weight is 184 g/mol. The lowest BCUT2D eigenvalue weighted by molar-refractivity contribution is 0.192. The van der Waals surface area contributed by atoms with E-state index < -0.39 is 11.9 Å². The quantitative estimate of drug-likeness (QED) is 0.763. The zero-order valence-corrected chi connectivity index (χ0v) is 7.97. The molecule has 0 fully saturated rings. The molecule has 1 N–H and O–H groups in total. The smallest absolute Gasteiger partial charge is 0.165 e. The van der Waals surface area contributed by atoms with E-state index in [-0.39, 0.29) is 5.75 Å². The fourth-order valence-corrected chi connectivity index (χ4v) is 1.40. The van der Waals surface area contributed by atoms with Crippen LogP contribution in [0.4, 0.5) is 4.39 Å². The van der Waals surface area contributed by atoms with Crippen molar-refractivity contribution < 1.29 is 14.2 Å². The van der Waals surface area contributed by atoms with E-state index in [0.29, 0.717) is 5.56 Å². The molecule has 1 aromatic carbocycles. The van der Waals surface area contributed by atoms with Gasteiger partial charge in [0.2, 0.25) is 0 Å². The van der Waals surface area contributed by atoms with Crippen LogP contribution in [0.25, 0.3) is 0 Å². The third kappa shape index (κ3) is 1.80. The molecule has 0 saturated carbocycles. The lowest BCUT2D eigenvalue weighted by Gasteiger charge is -2.14. The van der Waals surface area contributed by atoms with Crippen molar-refractivity contribution in [3.05, 3.63) is 29.1 Å². The van der Waals surface area contributed by atoms with Gasteiger partial charge in [-0.2, -0.15) is 0 Å². The van der Waals surface area contributed by atoms with Gasteiger partial charge >= 0.3 is 0 Å². The Hall–Kier alpha value is -1.09. The molecule has 0 spiro atoms. The number of halogens is 1.